The molecule has 1 unspecified atom stereocenters. The molecular weight excluding hydrogens is 176 g/mol. The highest BCUT2D eigenvalue weighted by molar-refractivity contribution is 5.96. The molecule has 14 heavy (non-hydrogen) atoms. The van der Waals surface area contributed by atoms with Gasteiger partial charge in [0.25, 0.3) is 0 Å². The number of quaternary nitrogens is 1. The zero-order chi connectivity index (χ0) is 9.54. The van der Waals surface area contributed by atoms with Gasteiger partial charge in [0.2, 0.25) is 0 Å². The Morgan fingerprint density at radius 3 is 3.14 bits per heavy atom. The van der Waals surface area contributed by atoms with Crippen LogP contribution in [0, 0.1) is 5.21 Å². The van der Waals surface area contributed by atoms with Crippen molar-refractivity contribution in [3.63, 3.8) is 0 Å². The van der Waals surface area contributed by atoms with E-state index in [9.17, 15) is 5.21 Å². The van der Waals surface area contributed by atoms with Crippen LogP contribution in [0.4, 0.5) is 5.69 Å². The van der Waals surface area contributed by atoms with Crippen molar-refractivity contribution in [2.45, 2.75) is 0 Å². The van der Waals surface area contributed by atoms with Gasteiger partial charge in [-0.05, 0) is 6.08 Å². The summed E-state index contributed by atoms with van der Waals surface area (Å²) < 4.78 is 0. The number of nitrogens with zero attached hydrogens (tertiary/aromatic N) is 1. The highest BCUT2D eigenvalue weighted by Crippen LogP contribution is 2.29. The molecule has 3 nitrogen and oxygen atoms in total. The molecule has 2 aliphatic rings. The number of nitrogens with one attached hydrogen (secondary N) is 1. The van der Waals surface area contributed by atoms with Crippen LogP contribution < -0.4 is 5.06 Å². The van der Waals surface area contributed by atoms with Gasteiger partial charge in [-0.25, -0.2) is 0 Å². The fraction of sp³-hybridized carbons (Fsp3) is 0. The van der Waals surface area contributed by atoms with Crippen LogP contribution in [0.5, 0.6) is 0 Å². The van der Waals surface area contributed by atoms with Crippen LogP contribution in [0.25, 0.3) is 5.57 Å². The Morgan fingerprint density at radius 1 is 1.29 bits per heavy atom. The summed E-state index contributed by atoms with van der Waals surface area (Å²) in [6.45, 7) is 0. The zero-order valence-electron chi connectivity index (χ0n) is 7.40. The van der Waals surface area contributed by atoms with Gasteiger partial charge in [0.05, 0.1) is 5.56 Å². The van der Waals surface area contributed by atoms with Crippen molar-refractivity contribution in [1.82, 2.24) is 0 Å². The third-order valence-corrected chi connectivity index (χ3v) is 2.49. The smallest absolute Gasteiger partial charge is 0.144 e. The van der Waals surface area contributed by atoms with Crippen LogP contribution in [0.2, 0.25) is 0 Å². The van der Waals surface area contributed by atoms with E-state index >= 15 is 0 Å². The van der Waals surface area contributed by atoms with Crippen LogP contribution in [0.15, 0.2) is 41.7 Å². The topological polar surface area (TPSA) is 39.9 Å². The molecule has 3 rings (SSSR count). The first kappa shape index (κ1) is 7.67. The Labute approximate surface area is 81.3 Å². The average molecular weight is 184 g/mol. The molecule has 0 aromatic heterocycles. The highest BCUT2D eigenvalue weighted by Gasteiger charge is 2.22. The van der Waals surface area contributed by atoms with Crippen LogP contribution in [-0.4, -0.2) is 6.21 Å². The molecule has 2 heterocycles. The SMILES string of the molecule is [O-][NH+]1C=C2C=CN=Cc3cccc1c32. The first-order chi connectivity index (χ1) is 6.86. The molecule has 0 bridgehead atoms. The first-order valence-electron chi connectivity index (χ1n) is 4.45. The standard InChI is InChI=1S/C11H8N2O/c14-13-7-9-4-5-12-6-8-2-1-3-10(13)11(8)9/h1-7,13H. The normalized spacial score (nSPS) is 21.8. The van der Waals surface area contributed by atoms with E-state index in [1.807, 2.05) is 24.3 Å². The predicted octanol–water partition coefficient (Wildman–Crippen LogP) is 1.00. The summed E-state index contributed by atoms with van der Waals surface area (Å²) in [5.74, 6) is 0. The lowest BCUT2D eigenvalue weighted by Gasteiger charge is -2.13. The summed E-state index contributed by atoms with van der Waals surface area (Å²) in [6, 6.07) is 5.72. The second-order valence-electron chi connectivity index (χ2n) is 3.33. The largest absolute Gasteiger partial charge is 0.624 e. The van der Waals surface area contributed by atoms with Crippen molar-refractivity contribution in [2.75, 3.05) is 0 Å². The van der Waals surface area contributed by atoms with E-state index in [-0.39, 0.29) is 5.06 Å². The molecular formula is C11H8N2O. The van der Waals surface area contributed by atoms with Gasteiger partial charge in [0.15, 0.2) is 0 Å². The average Bonchev–Trinajstić information content (AvgIpc) is 2.41. The second-order valence-corrected chi connectivity index (χ2v) is 3.33. The molecule has 1 aromatic carbocycles. The molecule has 2 aliphatic heterocycles. The molecule has 0 saturated carbocycles. The molecule has 68 valence electrons. The lowest BCUT2D eigenvalue weighted by molar-refractivity contribution is -0.710. The van der Waals surface area contributed by atoms with Crippen LogP contribution in [0.3, 0.4) is 0 Å². The minimum atomic E-state index is 0.0943. The lowest BCUT2D eigenvalue weighted by atomic mass is 10.0. The Morgan fingerprint density at radius 2 is 2.21 bits per heavy atom. The zero-order valence-corrected chi connectivity index (χ0v) is 7.40. The molecule has 1 atom stereocenters. The van der Waals surface area contributed by atoms with Gasteiger partial charge in [0, 0.05) is 29.6 Å². The number of hydrogen-bond acceptors (Lipinski definition) is 2. The second kappa shape index (κ2) is 2.64. The van der Waals surface area contributed by atoms with Gasteiger partial charge in [-0.1, -0.05) is 12.1 Å². The maximum atomic E-state index is 11.6. The Hall–Kier alpha value is -1.71. The van der Waals surface area contributed by atoms with E-state index < -0.39 is 0 Å². The van der Waals surface area contributed by atoms with E-state index in [2.05, 4.69) is 4.99 Å². The van der Waals surface area contributed by atoms with E-state index in [1.54, 1.807) is 18.6 Å². The number of rotatable bonds is 0. The maximum absolute atomic E-state index is 11.6. The van der Waals surface area contributed by atoms with Gasteiger partial charge >= 0.3 is 0 Å². The van der Waals surface area contributed by atoms with Gasteiger partial charge in [0.1, 0.15) is 11.9 Å². The van der Waals surface area contributed by atoms with Crippen LogP contribution in [0.1, 0.15) is 11.1 Å². The van der Waals surface area contributed by atoms with Crippen LogP contribution in [-0.2, 0) is 0 Å². The minimum Gasteiger partial charge on any atom is -0.624 e. The summed E-state index contributed by atoms with van der Waals surface area (Å²) in [7, 11) is 0. The number of benzene rings is 1. The van der Waals surface area contributed by atoms with E-state index in [1.165, 1.54) is 0 Å². The Balaban J connectivity index is 2.37. The lowest BCUT2D eigenvalue weighted by Crippen LogP contribution is -2.95. The molecule has 0 amide bonds. The van der Waals surface area contributed by atoms with E-state index in [0.717, 1.165) is 22.4 Å². The fourth-order valence-electron chi connectivity index (χ4n) is 1.87. The molecule has 0 aliphatic carbocycles. The third-order valence-electron chi connectivity index (χ3n) is 2.49. The molecule has 0 radical (unpaired) electrons. The molecule has 0 fully saturated rings. The molecule has 0 spiro atoms. The van der Waals surface area contributed by atoms with Crippen molar-refractivity contribution in [3.8, 4) is 0 Å². The minimum absolute atomic E-state index is 0.0943. The Kier molecular flexibility index (Phi) is 1.45. The van der Waals surface area contributed by atoms with Gasteiger partial charge in [-0.2, -0.15) is 0 Å². The first-order valence-corrected chi connectivity index (χ1v) is 4.45. The Bertz CT molecular complexity index is 486. The summed E-state index contributed by atoms with van der Waals surface area (Å²) in [4.78, 5) is 4.10. The summed E-state index contributed by atoms with van der Waals surface area (Å²) in [6.07, 6.45) is 7.04. The van der Waals surface area contributed by atoms with Crippen molar-refractivity contribution in [1.29, 1.82) is 0 Å². The van der Waals surface area contributed by atoms with Crippen molar-refractivity contribution in [2.24, 2.45) is 4.99 Å². The number of hydroxylamine groups is 1. The van der Waals surface area contributed by atoms with Crippen molar-refractivity contribution in [3.05, 3.63) is 53.0 Å². The van der Waals surface area contributed by atoms with E-state index in [0.29, 0.717) is 0 Å². The molecule has 1 aromatic rings. The van der Waals surface area contributed by atoms with E-state index in [4.69, 9.17) is 0 Å². The molecule has 1 N–H and O–H groups in total. The fourth-order valence-corrected chi connectivity index (χ4v) is 1.87. The molecule has 0 saturated heterocycles. The number of aliphatic imine (C=N–C) groups is 1. The van der Waals surface area contributed by atoms with Gasteiger partial charge < -0.3 is 10.3 Å². The quantitative estimate of drug-likeness (QED) is 0.600. The third kappa shape index (κ3) is 0.907. The number of hydrogen-bond donors (Lipinski definition) is 1. The summed E-state index contributed by atoms with van der Waals surface area (Å²) in [5, 5.41) is 11.7. The summed E-state index contributed by atoms with van der Waals surface area (Å²) in [5.41, 5.74) is 3.80. The van der Waals surface area contributed by atoms with Crippen molar-refractivity contribution >= 4 is 17.5 Å². The maximum Gasteiger partial charge on any atom is 0.144 e. The predicted molar refractivity (Wildman–Crippen MR) is 55.1 cm³/mol. The number of allylic oxidation sites excluding steroid dienone is 2. The van der Waals surface area contributed by atoms with Gasteiger partial charge in [-0.15, -0.1) is 0 Å². The summed E-state index contributed by atoms with van der Waals surface area (Å²) >= 11 is 0. The van der Waals surface area contributed by atoms with Crippen LogP contribution >= 0.6 is 0 Å². The monoisotopic (exact) mass is 184 g/mol. The van der Waals surface area contributed by atoms with Gasteiger partial charge in [-0.3, -0.25) is 4.99 Å². The highest BCUT2D eigenvalue weighted by atomic mass is 16.5. The van der Waals surface area contributed by atoms with Crippen molar-refractivity contribution < 1.29 is 5.06 Å². The molecule has 3 heteroatoms.